The lowest BCUT2D eigenvalue weighted by Gasteiger charge is -2.28. The van der Waals surface area contributed by atoms with Crippen molar-refractivity contribution in [2.45, 2.75) is 38.4 Å². The summed E-state index contributed by atoms with van der Waals surface area (Å²) in [4.78, 5) is 15.7. The molecular weight excluding hydrogens is 274 g/mol. The van der Waals surface area contributed by atoms with Crippen LogP contribution in [0.4, 0.5) is 11.9 Å². The molecule has 0 radical (unpaired) electrons. The molecule has 1 saturated heterocycles. The zero-order chi connectivity index (χ0) is 14.6. The molecule has 6 nitrogen and oxygen atoms in total. The van der Waals surface area contributed by atoms with Gasteiger partial charge in [-0.25, -0.2) is 0 Å². The second-order valence-corrected chi connectivity index (χ2v) is 6.88. The summed E-state index contributed by atoms with van der Waals surface area (Å²) in [5.41, 5.74) is -0.0716. The lowest BCUT2D eigenvalue weighted by atomic mass is 10.1. The predicted octanol–water partition coefficient (Wildman–Crippen LogP) is 2.03. The molecule has 1 N–H and O–H groups in total. The van der Waals surface area contributed by atoms with E-state index in [1.807, 2.05) is 0 Å². The highest BCUT2D eigenvalue weighted by atomic mass is 32.2. The average Bonchev–Trinajstić information content (AvgIpc) is 2.38. The number of hydrogen-bond donors (Lipinski definition) is 1. The lowest BCUT2D eigenvalue weighted by molar-refractivity contribution is 0.122. The number of thioether (sulfide) groups is 1. The van der Waals surface area contributed by atoms with Gasteiger partial charge in [0.05, 0.1) is 13.2 Å². The van der Waals surface area contributed by atoms with Crippen LogP contribution in [0.5, 0.6) is 0 Å². The van der Waals surface area contributed by atoms with Gasteiger partial charge in [0.2, 0.25) is 11.9 Å². The standard InChI is InChI=1S/C13H23N5OS/c1-5-20-12-15-10(17-13(2,3)4)14-11(16-12)18-6-8-19-9-7-18/h5-9H2,1-4H3,(H,14,15,16,17). The summed E-state index contributed by atoms with van der Waals surface area (Å²) in [6.45, 7) is 11.5. The quantitative estimate of drug-likeness (QED) is 0.853. The highest BCUT2D eigenvalue weighted by molar-refractivity contribution is 7.99. The average molecular weight is 297 g/mol. The zero-order valence-corrected chi connectivity index (χ0v) is 13.5. The second-order valence-electron chi connectivity index (χ2n) is 5.65. The SMILES string of the molecule is CCSc1nc(NC(C)(C)C)nc(N2CCOCC2)n1. The summed E-state index contributed by atoms with van der Waals surface area (Å²) in [6.07, 6.45) is 0. The van der Waals surface area contributed by atoms with E-state index < -0.39 is 0 Å². The first-order valence-electron chi connectivity index (χ1n) is 6.97. The van der Waals surface area contributed by atoms with Gasteiger partial charge in [0.1, 0.15) is 0 Å². The molecule has 1 aromatic rings. The number of nitrogens with one attached hydrogen (secondary N) is 1. The molecule has 1 aliphatic rings. The van der Waals surface area contributed by atoms with Crippen molar-refractivity contribution in [3.63, 3.8) is 0 Å². The summed E-state index contributed by atoms with van der Waals surface area (Å²) in [5, 5.41) is 4.10. The van der Waals surface area contributed by atoms with Gasteiger partial charge in [0.25, 0.3) is 0 Å². The fraction of sp³-hybridized carbons (Fsp3) is 0.769. The van der Waals surface area contributed by atoms with Crippen molar-refractivity contribution in [1.29, 1.82) is 0 Å². The number of hydrogen-bond acceptors (Lipinski definition) is 7. The Kier molecular flexibility index (Phi) is 5.04. The van der Waals surface area contributed by atoms with E-state index in [0.717, 1.165) is 43.2 Å². The van der Waals surface area contributed by atoms with Gasteiger partial charge in [-0.3, -0.25) is 0 Å². The van der Waals surface area contributed by atoms with E-state index >= 15 is 0 Å². The fourth-order valence-corrected chi connectivity index (χ4v) is 2.39. The highest BCUT2D eigenvalue weighted by Crippen LogP contribution is 2.20. The third kappa shape index (κ3) is 4.49. The molecule has 0 saturated carbocycles. The molecule has 0 aliphatic carbocycles. The van der Waals surface area contributed by atoms with Crippen LogP contribution in [0, 0.1) is 0 Å². The minimum atomic E-state index is -0.0716. The maximum absolute atomic E-state index is 5.38. The third-order valence-electron chi connectivity index (χ3n) is 2.66. The first-order chi connectivity index (χ1) is 9.48. The van der Waals surface area contributed by atoms with Gasteiger partial charge in [-0.05, 0) is 26.5 Å². The monoisotopic (exact) mass is 297 g/mol. The van der Waals surface area contributed by atoms with Crippen molar-refractivity contribution in [2.75, 3.05) is 42.3 Å². The molecule has 0 aromatic carbocycles. The Morgan fingerprint density at radius 1 is 1.20 bits per heavy atom. The number of anilines is 2. The van der Waals surface area contributed by atoms with E-state index in [1.54, 1.807) is 11.8 Å². The van der Waals surface area contributed by atoms with E-state index in [4.69, 9.17) is 4.74 Å². The van der Waals surface area contributed by atoms with E-state index in [9.17, 15) is 0 Å². The van der Waals surface area contributed by atoms with Gasteiger partial charge in [0.15, 0.2) is 5.16 Å². The molecule has 1 fully saturated rings. The smallest absolute Gasteiger partial charge is 0.231 e. The van der Waals surface area contributed by atoms with Gasteiger partial charge in [0, 0.05) is 18.6 Å². The molecule has 1 aliphatic heterocycles. The highest BCUT2D eigenvalue weighted by Gasteiger charge is 2.18. The Morgan fingerprint density at radius 2 is 1.90 bits per heavy atom. The van der Waals surface area contributed by atoms with Gasteiger partial charge in [-0.2, -0.15) is 15.0 Å². The number of rotatable bonds is 4. The molecule has 0 atom stereocenters. The normalized spacial score (nSPS) is 16.3. The molecule has 20 heavy (non-hydrogen) atoms. The van der Waals surface area contributed by atoms with E-state index in [1.165, 1.54) is 0 Å². The molecule has 1 aromatic heterocycles. The third-order valence-corrected chi connectivity index (χ3v) is 3.39. The molecule has 0 bridgehead atoms. The number of ether oxygens (including phenoxy) is 1. The van der Waals surface area contributed by atoms with Crippen LogP contribution in [0.25, 0.3) is 0 Å². The van der Waals surface area contributed by atoms with E-state index in [0.29, 0.717) is 5.95 Å². The first-order valence-corrected chi connectivity index (χ1v) is 7.96. The second kappa shape index (κ2) is 6.58. The van der Waals surface area contributed by atoms with Crippen LogP contribution in [0.15, 0.2) is 5.16 Å². The van der Waals surface area contributed by atoms with Crippen LogP contribution in [0.3, 0.4) is 0 Å². The number of nitrogens with zero attached hydrogens (tertiary/aromatic N) is 4. The molecule has 0 amide bonds. The summed E-state index contributed by atoms with van der Waals surface area (Å²) >= 11 is 1.63. The van der Waals surface area contributed by atoms with Gasteiger partial charge in [-0.1, -0.05) is 18.7 Å². The summed E-state index contributed by atoms with van der Waals surface area (Å²) in [7, 11) is 0. The van der Waals surface area contributed by atoms with Crippen LogP contribution in [-0.4, -0.2) is 52.5 Å². The van der Waals surface area contributed by atoms with Crippen molar-refractivity contribution in [2.24, 2.45) is 0 Å². The first kappa shape index (κ1) is 15.3. The van der Waals surface area contributed by atoms with E-state index in [-0.39, 0.29) is 5.54 Å². The Morgan fingerprint density at radius 3 is 2.50 bits per heavy atom. The molecular formula is C13H23N5OS. The topological polar surface area (TPSA) is 63.2 Å². The van der Waals surface area contributed by atoms with Crippen molar-refractivity contribution < 1.29 is 4.74 Å². The lowest BCUT2D eigenvalue weighted by Crippen LogP contribution is -2.38. The fourth-order valence-electron chi connectivity index (χ4n) is 1.84. The Labute approximate surface area is 124 Å². The molecule has 112 valence electrons. The maximum Gasteiger partial charge on any atom is 0.231 e. The minimum Gasteiger partial charge on any atom is -0.378 e. The predicted molar refractivity (Wildman–Crippen MR) is 82.6 cm³/mol. The molecule has 2 heterocycles. The molecule has 2 rings (SSSR count). The molecule has 7 heteroatoms. The number of morpholine rings is 1. The Bertz CT molecular complexity index is 443. The van der Waals surface area contributed by atoms with Crippen LogP contribution < -0.4 is 10.2 Å². The molecule has 0 spiro atoms. The summed E-state index contributed by atoms with van der Waals surface area (Å²) < 4.78 is 5.38. The van der Waals surface area contributed by atoms with Crippen molar-refractivity contribution in [1.82, 2.24) is 15.0 Å². The minimum absolute atomic E-state index is 0.0716. The van der Waals surface area contributed by atoms with Gasteiger partial charge < -0.3 is 15.0 Å². The number of aromatic nitrogens is 3. The molecule has 0 unspecified atom stereocenters. The Hall–Kier alpha value is -1.08. The van der Waals surface area contributed by atoms with Crippen LogP contribution >= 0.6 is 11.8 Å². The summed E-state index contributed by atoms with van der Waals surface area (Å²) in [5.74, 6) is 2.33. The Balaban J connectivity index is 2.25. The van der Waals surface area contributed by atoms with Crippen molar-refractivity contribution in [3.05, 3.63) is 0 Å². The largest absolute Gasteiger partial charge is 0.378 e. The van der Waals surface area contributed by atoms with Gasteiger partial charge >= 0.3 is 0 Å². The zero-order valence-electron chi connectivity index (χ0n) is 12.6. The van der Waals surface area contributed by atoms with Gasteiger partial charge in [-0.15, -0.1) is 0 Å². The van der Waals surface area contributed by atoms with Crippen molar-refractivity contribution in [3.8, 4) is 0 Å². The maximum atomic E-state index is 5.38. The van der Waals surface area contributed by atoms with Crippen LogP contribution in [-0.2, 0) is 4.74 Å². The van der Waals surface area contributed by atoms with Crippen LogP contribution in [0.1, 0.15) is 27.7 Å². The van der Waals surface area contributed by atoms with Crippen molar-refractivity contribution >= 4 is 23.7 Å². The van der Waals surface area contributed by atoms with Crippen LogP contribution in [0.2, 0.25) is 0 Å². The van der Waals surface area contributed by atoms with E-state index in [2.05, 4.69) is 52.9 Å². The summed E-state index contributed by atoms with van der Waals surface area (Å²) in [6, 6.07) is 0.